The Labute approximate surface area is 108 Å². The van der Waals surface area contributed by atoms with E-state index in [0.717, 1.165) is 31.1 Å². The first kappa shape index (κ1) is 12.7. The summed E-state index contributed by atoms with van der Waals surface area (Å²) in [6.07, 6.45) is 3.81. The average Bonchev–Trinajstić information content (AvgIpc) is 2.35. The predicted molar refractivity (Wildman–Crippen MR) is 71.4 cm³/mol. The maximum atomic E-state index is 9.81. The first-order valence-corrected chi connectivity index (χ1v) is 6.77. The van der Waals surface area contributed by atoms with Crippen molar-refractivity contribution >= 4 is 11.6 Å². The van der Waals surface area contributed by atoms with E-state index in [-0.39, 0.29) is 0 Å². The molecule has 3 heteroatoms. The minimum Gasteiger partial charge on any atom is -0.508 e. The zero-order valence-corrected chi connectivity index (χ0v) is 11.1. The van der Waals surface area contributed by atoms with Gasteiger partial charge in [0.15, 0.2) is 0 Å². The number of phenols is 1. The first-order chi connectivity index (χ1) is 8.20. The molecule has 0 amide bonds. The fourth-order valence-electron chi connectivity index (χ4n) is 2.48. The van der Waals surface area contributed by atoms with E-state index in [1.165, 1.54) is 19.3 Å². The Morgan fingerprint density at radius 2 is 2.06 bits per heavy atom. The maximum absolute atomic E-state index is 9.81. The molecule has 17 heavy (non-hydrogen) atoms. The maximum Gasteiger partial charge on any atom is 0.121 e. The topological polar surface area (TPSA) is 23.5 Å². The lowest BCUT2D eigenvalue weighted by molar-refractivity contribution is 0.173. The molecule has 0 aromatic heterocycles. The van der Waals surface area contributed by atoms with Gasteiger partial charge in [0.1, 0.15) is 5.75 Å². The van der Waals surface area contributed by atoms with Crippen LogP contribution in [-0.4, -0.2) is 23.1 Å². The Morgan fingerprint density at radius 1 is 1.35 bits per heavy atom. The van der Waals surface area contributed by atoms with Crippen molar-refractivity contribution in [2.75, 3.05) is 13.1 Å². The predicted octanol–water partition coefficient (Wildman–Crippen LogP) is 3.67. The van der Waals surface area contributed by atoms with E-state index in [4.69, 9.17) is 11.6 Å². The molecule has 0 aliphatic carbocycles. The van der Waals surface area contributed by atoms with Gasteiger partial charge in [-0.15, -0.1) is 0 Å². The Morgan fingerprint density at radius 3 is 2.65 bits per heavy atom. The van der Waals surface area contributed by atoms with Crippen LogP contribution in [0.1, 0.15) is 31.7 Å². The molecule has 1 aromatic rings. The summed E-state index contributed by atoms with van der Waals surface area (Å²) in [6.45, 7) is 5.26. The van der Waals surface area contributed by atoms with Gasteiger partial charge in [-0.2, -0.15) is 0 Å². The highest BCUT2D eigenvalue weighted by molar-refractivity contribution is 6.31. The molecule has 0 saturated carbocycles. The molecular formula is C14H20ClNO. The highest BCUT2D eigenvalue weighted by atomic mass is 35.5. The minimum absolute atomic E-state index is 0.315. The number of piperidine rings is 1. The first-order valence-electron chi connectivity index (χ1n) is 6.39. The quantitative estimate of drug-likeness (QED) is 0.889. The number of hydrogen-bond acceptors (Lipinski definition) is 2. The summed E-state index contributed by atoms with van der Waals surface area (Å²) in [5, 5.41) is 10.5. The molecule has 1 heterocycles. The SMILES string of the molecule is CCC1CCN(Cc2c(O)cccc2Cl)CC1. The highest BCUT2D eigenvalue weighted by Crippen LogP contribution is 2.28. The monoisotopic (exact) mass is 253 g/mol. The molecule has 1 saturated heterocycles. The van der Waals surface area contributed by atoms with Gasteiger partial charge < -0.3 is 5.11 Å². The lowest BCUT2D eigenvalue weighted by Gasteiger charge is -2.31. The van der Waals surface area contributed by atoms with Crippen LogP contribution < -0.4 is 0 Å². The van der Waals surface area contributed by atoms with Gasteiger partial charge in [-0.1, -0.05) is 31.0 Å². The fraction of sp³-hybridized carbons (Fsp3) is 0.571. The summed E-state index contributed by atoms with van der Waals surface area (Å²) < 4.78 is 0. The van der Waals surface area contributed by atoms with Crippen molar-refractivity contribution in [2.24, 2.45) is 5.92 Å². The molecule has 1 fully saturated rings. The molecule has 1 aliphatic heterocycles. The Hall–Kier alpha value is -0.730. The molecule has 94 valence electrons. The largest absolute Gasteiger partial charge is 0.508 e. The molecule has 2 rings (SSSR count). The van der Waals surface area contributed by atoms with Gasteiger partial charge in [-0.05, 0) is 44.0 Å². The molecule has 1 N–H and O–H groups in total. The summed E-state index contributed by atoms with van der Waals surface area (Å²) in [7, 11) is 0. The third kappa shape index (κ3) is 3.14. The second-order valence-electron chi connectivity index (χ2n) is 4.87. The van der Waals surface area contributed by atoms with Gasteiger partial charge in [-0.25, -0.2) is 0 Å². The minimum atomic E-state index is 0.315. The number of benzene rings is 1. The number of nitrogens with zero attached hydrogens (tertiary/aromatic N) is 1. The van der Waals surface area contributed by atoms with Crippen LogP contribution >= 0.6 is 11.6 Å². The number of phenolic OH excluding ortho intramolecular Hbond substituents is 1. The summed E-state index contributed by atoms with van der Waals surface area (Å²) in [5.41, 5.74) is 0.865. The van der Waals surface area contributed by atoms with E-state index >= 15 is 0 Å². The molecule has 0 bridgehead atoms. The molecule has 2 nitrogen and oxygen atoms in total. The van der Waals surface area contributed by atoms with Crippen LogP contribution in [0.4, 0.5) is 0 Å². The fourth-order valence-corrected chi connectivity index (χ4v) is 2.71. The van der Waals surface area contributed by atoms with Crippen molar-refractivity contribution in [2.45, 2.75) is 32.7 Å². The van der Waals surface area contributed by atoms with Crippen molar-refractivity contribution in [1.29, 1.82) is 0 Å². The smallest absolute Gasteiger partial charge is 0.121 e. The van der Waals surface area contributed by atoms with E-state index < -0.39 is 0 Å². The number of rotatable bonds is 3. The third-order valence-corrected chi connectivity index (χ3v) is 4.11. The van der Waals surface area contributed by atoms with Gasteiger partial charge in [0, 0.05) is 17.1 Å². The van der Waals surface area contributed by atoms with Crippen molar-refractivity contribution in [3.05, 3.63) is 28.8 Å². The van der Waals surface area contributed by atoms with Crippen LogP contribution in [0.5, 0.6) is 5.75 Å². The second-order valence-corrected chi connectivity index (χ2v) is 5.27. The number of likely N-dealkylation sites (tertiary alicyclic amines) is 1. The average molecular weight is 254 g/mol. The molecule has 0 atom stereocenters. The normalized spacial score (nSPS) is 18.5. The Kier molecular flexibility index (Phi) is 4.30. The molecular weight excluding hydrogens is 234 g/mol. The molecule has 0 radical (unpaired) electrons. The van der Waals surface area contributed by atoms with E-state index in [1.807, 2.05) is 6.07 Å². The van der Waals surface area contributed by atoms with Crippen LogP contribution in [0.2, 0.25) is 5.02 Å². The van der Waals surface area contributed by atoms with Gasteiger partial charge in [0.2, 0.25) is 0 Å². The number of aromatic hydroxyl groups is 1. The van der Waals surface area contributed by atoms with E-state index in [9.17, 15) is 5.11 Å². The van der Waals surface area contributed by atoms with Crippen LogP contribution in [0.15, 0.2) is 18.2 Å². The van der Waals surface area contributed by atoms with Crippen LogP contribution in [-0.2, 0) is 6.54 Å². The highest BCUT2D eigenvalue weighted by Gasteiger charge is 2.19. The Balaban J connectivity index is 1.98. The van der Waals surface area contributed by atoms with Crippen molar-refractivity contribution in [1.82, 2.24) is 4.90 Å². The molecule has 1 aromatic carbocycles. The summed E-state index contributed by atoms with van der Waals surface area (Å²) in [5.74, 6) is 1.20. The molecule has 0 spiro atoms. The third-order valence-electron chi connectivity index (χ3n) is 3.76. The van der Waals surface area contributed by atoms with Crippen molar-refractivity contribution in [3.8, 4) is 5.75 Å². The van der Waals surface area contributed by atoms with Gasteiger partial charge in [-0.3, -0.25) is 4.90 Å². The summed E-state index contributed by atoms with van der Waals surface area (Å²) in [4.78, 5) is 2.38. The van der Waals surface area contributed by atoms with Crippen LogP contribution in [0, 0.1) is 5.92 Å². The standard InChI is InChI=1S/C14H20ClNO/c1-2-11-6-8-16(9-7-11)10-12-13(15)4-3-5-14(12)17/h3-5,11,17H,2,6-10H2,1H3. The Bertz CT molecular complexity index is 352. The zero-order valence-electron chi connectivity index (χ0n) is 10.3. The summed E-state index contributed by atoms with van der Waals surface area (Å²) in [6, 6.07) is 5.33. The zero-order chi connectivity index (χ0) is 12.3. The van der Waals surface area contributed by atoms with Crippen LogP contribution in [0.3, 0.4) is 0 Å². The van der Waals surface area contributed by atoms with Gasteiger partial charge >= 0.3 is 0 Å². The van der Waals surface area contributed by atoms with Crippen LogP contribution in [0.25, 0.3) is 0 Å². The molecule has 1 aliphatic rings. The van der Waals surface area contributed by atoms with E-state index in [1.54, 1.807) is 12.1 Å². The second kappa shape index (κ2) is 5.74. The van der Waals surface area contributed by atoms with Gasteiger partial charge in [0.05, 0.1) is 0 Å². The van der Waals surface area contributed by atoms with E-state index in [0.29, 0.717) is 10.8 Å². The lowest BCUT2D eigenvalue weighted by Crippen LogP contribution is -2.33. The molecule has 0 unspecified atom stereocenters. The van der Waals surface area contributed by atoms with Gasteiger partial charge in [0.25, 0.3) is 0 Å². The van der Waals surface area contributed by atoms with E-state index in [2.05, 4.69) is 11.8 Å². The number of halogens is 1. The lowest BCUT2D eigenvalue weighted by atomic mass is 9.94. The van der Waals surface area contributed by atoms with Crippen molar-refractivity contribution < 1.29 is 5.11 Å². The number of hydrogen-bond donors (Lipinski definition) is 1. The summed E-state index contributed by atoms with van der Waals surface area (Å²) >= 11 is 6.12. The van der Waals surface area contributed by atoms with Crippen molar-refractivity contribution in [3.63, 3.8) is 0 Å².